The number of nitro benzene ring substituents is 2. The first-order valence-electron chi connectivity index (χ1n) is 6.91. The molecule has 0 aliphatic carbocycles. The zero-order chi connectivity index (χ0) is 16.7. The SMILES string of the molecule is O=C1OC[C@H]2CN(c3ccc([N+](=O)[O-])cc3[N+](=O)[O-])C[C@@H](O)[C@H]12. The summed E-state index contributed by atoms with van der Waals surface area (Å²) in [5.41, 5.74) is -0.609. The van der Waals surface area contributed by atoms with Gasteiger partial charge in [0, 0.05) is 25.1 Å². The second kappa shape index (κ2) is 5.47. The lowest BCUT2D eigenvalue weighted by Crippen LogP contribution is -2.50. The van der Waals surface area contributed by atoms with Gasteiger partial charge in [0.2, 0.25) is 0 Å². The Balaban J connectivity index is 1.94. The number of anilines is 1. The molecule has 23 heavy (non-hydrogen) atoms. The molecule has 1 N–H and O–H groups in total. The average Bonchev–Trinajstić information content (AvgIpc) is 2.88. The summed E-state index contributed by atoms with van der Waals surface area (Å²) in [5, 5.41) is 32.1. The Morgan fingerprint density at radius 1 is 1.22 bits per heavy atom. The zero-order valence-electron chi connectivity index (χ0n) is 11.8. The Morgan fingerprint density at radius 2 is 1.96 bits per heavy atom. The molecule has 2 saturated heterocycles. The van der Waals surface area contributed by atoms with Crippen LogP contribution in [0.25, 0.3) is 0 Å². The van der Waals surface area contributed by atoms with Crippen LogP contribution in [0.15, 0.2) is 18.2 Å². The predicted octanol–water partition coefficient (Wildman–Crippen LogP) is 0.473. The lowest BCUT2D eigenvalue weighted by atomic mass is 9.85. The van der Waals surface area contributed by atoms with Crippen molar-refractivity contribution in [3.8, 4) is 0 Å². The normalized spacial score (nSPS) is 26.6. The highest BCUT2D eigenvalue weighted by Gasteiger charge is 2.47. The summed E-state index contributed by atoms with van der Waals surface area (Å²) in [6, 6.07) is 3.36. The summed E-state index contributed by atoms with van der Waals surface area (Å²) in [6.45, 7) is 0.471. The van der Waals surface area contributed by atoms with E-state index < -0.39 is 33.5 Å². The predicted molar refractivity (Wildman–Crippen MR) is 75.9 cm³/mol. The van der Waals surface area contributed by atoms with Crippen molar-refractivity contribution in [2.75, 3.05) is 24.6 Å². The topological polar surface area (TPSA) is 136 Å². The minimum absolute atomic E-state index is 0.0227. The zero-order valence-corrected chi connectivity index (χ0v) is 11.8. The number of hydrogen-bond acceptors (Lipinski definition) is 8. The number of rotatable bonds is 3. The number of carbonyl (C=O) groups is 1. The molecule has 2 aliphatic rings. The van der Waals surface area contributed by atoms with E-state index in [1.807, 2.05) is 0 Å². The highest BCUT2D eigenvalue weighted by molar-refractivity contribution is 5.76. The highest BCUT2D eigenvalue weighted by Crippen LogP contribution is 2.38. The monoisotopic (exact) mass is 323 g/mol. The second-order valence-electron chi connectivity index (χ2n) is 5.58. The number of esters is 1. The van der Waals surface area contributed by atoms with Crippen LogP contribution in [0, 0.1) is 32.1 Å². The number of piperidine rings is 1. The number of nitro groups is 2. The summed E-state index contributed by atoms with van der Waals surface area (Å²) in [4.78, 5) is 33.7. The van der Waals surface area contributed by atoms with Crippen LogP contribution in [0.5, 0.6) is 0 Å². The second-order valence-corrected chi connectivity index (χ2v) is 5.58. The van der Waals surface area contributed by atoms with Crippen LogP contribution in [0.4, 0.5) is 17.1 Å². The van der Waals surface area contributed by atoms with E-state index in [9.17, 15) is 30.1 Å². The number of β-amino-alcohol motifs (C(OH)–C–C–N with tert-alkyl or cyclic N) is 1. The van der Waals surface area contributed by atoms with Crippen molar-refractivity contribution in [2.24, 2.45) is 11.8 Å². The maximum atomic E-state index is 11.6. The van der Waals surface area contributed by atoms with Crippen molar-refractivity contribution >= 4 is 23.0 Å². The number of ether oxygens (including phenoxy) is 1. The van der Waals surface area contributed by atoms with E-state index in [0.29, 0.717) is 6.54 Å². The van der Waals surface area contributed by atoms with Crippen LogP contribution in [-0.4, -0.2) is 46.7 Å². The molecular weight excluding hydrogens is 310 g/mol. The van der Waals surface area contributed by atoms with E-state index in [0.717, 1.165) is 6.07 Å². The summed E-state index contributed by atoms with van der Waals surface area (Å²) >= 11 is 0. The van der Waals surface area contributed by atoms with E-state index >= 15 is 0 Å². The lowest BCUT2D eigenvalue weighted by Gasteiger charge is -2.37. The largest absolute Gasteiger partial charge is 0.465 e. The molecule has 2 heterocycles. The summed E-state index contributed by atoms with van der Waals surface area (Å²) in [6.07, 6.45) is -1.00. The molecule has 10 nitrogen and oxygen atoms in total. The molecule has 0 unspecified atom stereocenters. The Labute approximate surface area is 129 Å². The van der Waals surface area contributed by atoms with E-state index in [1.165, 1.54) is 12.1 Å². The third-order valence-electron chi connectivity index (χ3n) is 4.20. The molecule has 2 fully saturated rings. The van der Waals surface area contributed by atoms with Crippen molar-refractivity contribution in [2.45, 2.75) is 6.10 Å². The van der Waals surface area contributed by atoms with Crippen LogP contribution in [0.2, 0.25) is 0 Å². The number of nitrogens with zero attached hydrogens (tertiary/aromatic N) is 3. The Kier molecular flexibility index (Phi) is 3.60. The van der Waals surface area contributed by atoms with Crippen molar-refractivity contribution < 1.29 is 24.5 Å². The van der Waals surface area contributed by atoms with E-state index in [4.69, 9.17) is 4.74 Å². The molecule has 0 spiro atoms. The summed E-state index contributed by atoms with van der Waals surface area (Å²) in [5.74, 6) is -1.34. The molecule has 3 rings (SSSR count). The molecule has 1 aromatic rings. The summed E-state index contributed by atoms with van der Waals surface area (Å²) < 4.78 is 4.93. The van der Waals surface area contributed by atoms with Gasteiger partial charge >= 0.3 is 5.97 Å². The number of aliphatic hydroxyl groups is 1. The van der Waals surface area contributed by atoms with Gasteiger partial charge in [-0.25, -0.2) is 0 Å². The van der Waals surface area contributed by atoms with Gasteiger partial charge in [0.1, 0.15) is 5.69 Å². The van der Waals surface area contributed by atoms with Crippen molar-refractivity contribution in [1.82, 2.24) is 0 Å². The van der Waals surface area contributed by atoms with Crippen LogP contribution in [-0.2, 0) is 9.53 Å². The van der Waals surface area contributed by atoms with Gasteiger partial charge in [0.05, 0.1) is 34.5 Å². The van der Waals surface area contributed by atoms with Crippen LogP contribution in [0.3, 0.4) is 0 Å². The van der Waals surface area contributed by atoms with Gasteiger partial charge in [-0.3, -0.25) is 25.0 Å². The van der Waals surface area contributed by atoms with Crippen molar-refractivity contribution in [1.29, 1.82) is 0 Å². The quantitative estimate of drug-likeness (QED) is 0.481. The number of aliphatic hydroxyl groups excluding tert-OH is 1. The third kappa shape index (κ3) is 2.57. The third-order valence-corrected chi connectivity index (χ3v) is 4.20. The molecule has 2 aliphatic heterocycles. The fourth-order valence-corrected chi connectivity index (χ4v) is 3.15. The molecule has 0 amide bonds. The first-order valence-corrected chi connectivity index (χ1v) is 6.91. The molecular formula is C13H13N3O7. The molecule has 3 atom stereocenters. The van der Waals surface area contributed by atoms with Gasteiger partial charge in [0.15, 0.2) is 0 Å². The van der Waals surface area contributed by atoms with Gasteiger partial charge in [0.25, 0.3) is 11.4 Å². The van der Waals surface area contributed by atoms with E-state index in [1.54, 1.807) is 4.90 Å². The fourth-order valence-electron chi connectivity index (χ4n) is 3.15. The molecule has 0 bridgehead atoms. The van der Waals surface area contributed by atoms with Gasteiger partial charge < -0.3 is 14.7 Å². The fraction of sp³-hybridized carbons (Fsp3) is 0.462. The number of benzene rings is 1. The minimum Gasteiger partial charge on any atom is -0.465 e. The lowest BCUT2D eigenvalue weighted by molar-refractivity contribution is -0.393. The van der Waals surface area contributed by atoms with Crippen LogP contribution >= 0.6 is 0 Å². The van der Waals surface area contributed by atoms with E-state index in [-0.39, 0.29) is 30.4 Å². The molecule has 0 saturated carbocycles. The first kappa shape index (κ1) is 15.2. The summed E-state index contributed by atoms with van der Waals surface area (Å²) in [7, 11) is 0. The Morgan fingerprint density at radius 3 is 2.61 bits per heavy atom. The number of fused-ring (bicyclic) bond motifs is 1. The standard InChI is InChI=1S/C13H13N3O7/c17-11-5-14(4-7-6-23-13(18)12(7)11)9-2-1-8(15(19)20)3-10(9)16(21)22/h1-3,7,11-12,17H,4-6H2/t7-,11-,12-/m1/s1. The number of non-ortho nitro benzene ring substituents is 1. The molecule has 122 valence electrons. The maximum absolute atomic E-state index is 11.6. The first-order chi connectivity index (χ1) is 10.9. The minimum atomic E-state index is -1.00. The maximum Gasteiger partial charge on any atom is 0.312 e. The van der Waals surface area contributed by atoms with Crippen molar-refractivity contribution in [3.63, 3.8) is 0 Å². The molecule has 1 aromatic carbocycles. The molecule has 0 radical (unpaired) electrons. The van der Waals surface area contributed by atoms with Gasteiger partial charge in [-0.05, 0) is 6.07 Å². The molecule has 10 heteroatoms. The Bertz CT molecular complexity index is 692. The van der Waals surface area contributed by atoms with Crippen LogP contribution < -0.4 is 4.90 Å². The number of carbonyl (C=O) groups excluding carboxylic acids is 1. The van der Waals surface area contributed by atoms with Gasteiger partial charge in [-0.2, -0.15) is 0 Å². The van der Waals surface area contributed by atoms with Gasteiger partial charge in [-0.1, -0.05) is 0 Å². The smallest absolute Gasteiger partial charge is 0.312 e. The highest BCUT2D eigenvalue weighted by atomic mass is 16.6. The van der Waals surface area contributed by atoms with Gasteiger partial charge in [-0.15, -0.1) is 0 Å². The van der Waals surface area contributed by atoms with Crippen molar-refractivity contribution in [3.05, 3.63) is 38.4 Å². The number of cyclic esters (lactones) is 1. The van der Waals surface area contributed by atoms with E-state index in [2.05, 4.69) is 0 Å². The number of hydrogen-bond donors (Lipinski definition) is 1. The molecule has 0 aromatic heterocycles. The average molecular weight is 323 g/mol. The Hall–Kier alpha value is -2.75. The van der Waals surface area contributed by atoms with Crippen LogP contribution in [0.1, 0.15) is 0 Å².